The molecule has 0 radical (unpaired) electrons. The third-order valence-electron chi connectivity index (χ3n) is 5.64. The lowest BCUT2D eigenvalue weighted by Gasteiger charge is -2.31. The number of nitrogens with zero attached hydrogens (tertiary/aromatic N) is 2. The maximum Gasteiger partial charge on any atom is 0.232 e. The third-order valence-corrected chi connectivity index (χ3v) is 5.64. The standard InChI is InChI=1S/C23H34N4O2.HI/c1-24-23(25-13-12-19-8-4-2-5-9-19)26-18-21(20-10-6-3-7-11-20)22(28)27-14-16-29-17-15-27;/h3,6-8,10-11,21H,2,4-5,9,12-18H2,1H3,(H2,24,25,26);1H. The van der Waals surface area contributed by atoms with E-state index in [0.717, 1.165) is 24.5 Å². The third kappa shape index (κ3) is 7.58. The van der Waals surface area contributed by atoms with Crippen molar-refractivity contribution in [1.29, 1.82) is 0 Å². The number of hydrogen-bond acceptors (Lipinski definition) is 3. The molecule has 1 atom stereocenters. The van der Waals surface area contributed by atoms with Gasteiger partial charge in [0.15, 0.2) is 5.96 Å². The fourth-order valence-corrected chi connectivity index (χ4v) is 3.93. The summed E-state index contributed by atoms with van der Waals surface area (Å²) in [4.78, 5) is 19.4. The molecule has 6 nitrogen and oxygen atoms in total. The predicted molar refractivity (Wildman–Crippen MR) is 133 cm³/mol. The van der Waals surface area contributed by atoms with Crippen molar-refractivity contribution in [3.63, 3.8) is 0 Å². The molecule has 1 aliphatic heterocycles. The molecule has 1 heterocycles. The van der Waals surface area contributed by atoms with Crippen LogP contribution in [0.25, 0.3) is 0 Å². The summed E-state index contributed by atoms with van der Waals surface area (Å²) < 4.78 is 5.40. The Morgan fingerprint density at radius 1 is 1.17 bits per heavy atom. The van der Waals surface area contributed by atoms with Crippen LogP contribution in [0.15, 0.2) is 47.0 Å². The Balaban J connectivity index is 0.00000320. The number of hydrogen-bond donors (Lipinski definition) is 2. The van der Waals surface area contributed by atoms with Gasteiger partial charge in [-0.25, -0.2) is 0 Å². The second-order valence-corrected chi connectivity index (χ2v) is 7.64. The van der Waals surface area contributed by atoms with E-state index in [4.69, 9.17) is 4.74 Å². The molecule has 1 amide bonds. The van der Waals surface area contributed by atoms with Crippen LogP contribution in [-0.4, -0.2) is 63.2 Å². The summed E-state index contributed by atoms with van der Waals surface area (Å²) in [7, 11) is 1.77. The average molecular weight is 526 g/mol. The van der Waals surface area contributed by atoms with Gasteiger partial charge in [-0.1, -0.05) is 42.0 Å². The number of ether oxygens (including phenoxy) is 1. The van der Waals surface area contributed by atoms with E-state index >= 15 is 0 Å². The minimum atomic E-state index is -0.242. The molecule has 0 spiro atoms. The van der Waals surface area contributed by atoms with E-state index in [1.165, 1.54) is 25.7 Å². The molecule has 1 saturated heterocycles. The maximum absolute atomic E-state index is 13.2. The summed E-state index contributed by atoms with van der Waals surface area (Å²) in [6, 6.07) is 10.0. The highest BCUT2D eigenvalue weighted by Crippen LogP contribution is 2.20. The Morgan fingerprint density at radius 2 is 1.93 bits per heavy atom. The number of carbonyl (C=O) groups excluding carboxylic acids is 1. The number of nitrogens with one attached hydrogen (secondary N) is 2. The molecule has 166 valence electrons. The average Bonchev–Trinajstić information content (AvgIpc) is 2.80. The summed E-state index contributed by atoms with van der Waals surface area (Å²) >= 11 is 0. The van der Waals surface area contributed by atoms with Gasteiger partial charge >= 0.3 is 0 Å². The van der Waals surface area contributed by atoms with Crippen molar-refractivity contribution in [3.05, 3.63) is 47.5 Å². The number of amides is 1. The minimum Gasteiger partial charge on any atom is -0.378 e. The van der Waals surface area contributed by atoms with Crippen LogP contribution in [0.1, 0.15) is 43.6 Å². The van der Waals surface area contributed by atoms with E-state index in [9.17, 15) is 4.79 Å². The van der Waals surface area contributed by atoms with Crippen molar-refractivity contribution < 1.29 is 9.53 Å². The lowest BCUT2D eigenvalue weighted by Crippen LogP contribution is -2.47. The highest BCUT2D eigenvalue weighted by molar-refractivity contribution is 14.0. The van der Waals surface area contributed by atoms with E-state index in [2.05, 4.69) is 21.7 Å². The first kappa shape index (κ1) is 24.7. The van der Waals surface area contributed by atoms with Crippen LogP contribution in [0.3, 0.4) is 0 Å². The van der Waals surface area contributed by atoms with Crippen molar-refractivity contribution in [2.75, 3.05) is 46.4 Å². The number of benzene rings is 1. The van der Waals surface area contributed by atoms with Gasteiger partial charge in [-0.15, -0.1) is 24.0 Å². The van der Waals surface area contributed by atoms with Crippen molar-refractivity contribution in [2.45, 2.75) is 38.0 Å². The van der Waals surface area contributed by atoms with Gasteiger partial charge in [-0.05, 0) is 37.7 Å². The van der Waals surface area contributed by atoms with Crippen LogP contribution >= 0.6 is 24.0 Å². The minimum absolute atomic E-state index is 0. The first-order chi connectivity index (χ1) is 14.3. The van der Waals surface area contributed by atoms with Crippen LogP contribution in [0.5, 0.6) is 0 Å². The van der Waals surface area contributed by atoms with Crippen LogP contribution in [0, 0.1) is 0 Å². The van der Waals surface area contributed by atoms with Gasteiger partial charge < -0.3 is 20.3 Å². The van der Waals surface area contributed by atoms with Gasteiger partial charge in [-0.2, -0.15) is 0 Å². The number of morpholine rings is 1. The predicted octanol–water partition coefficient (Wildman–Crippen LogP) is 3.30. The fourth-order valence-electron chi connectivity index (χ4n) is 3.93. The quantitative estimate of drug-likeness (QED) is 0.248. The Kier molecular flexibility index (Phi) is 11.2. The topological polar surface area (TPSA) is 66.0 Å². The van der Waals surface area contributed by atoms with E-state index in [1.54, 1.807) is 12.6 Å². The Morgan fingerprint density at radius 3 is 2.60 bits per heavy atom. The molecule has 0 aromatic heterocycles. The molecule has 30 heavy (non-hydrogen) atoms. The molecule has 2 N–H and O–H groups in total. The van der Waals surface area contributed by atoms with Gasteiger partial charge in [-0.3, -0.25) is 9.79 Å². The van der Waals surface area contributed by atoms with Gasteiger partial charge in [0, 0.05) is 33.2 Å². The molecule has 1 unspecified atom stereocenters. The summed E-state index contributed by atoms with van der Waals surface area (Å²) in [6.45, 7) is 3.91. The number of aliphatic imine (C=N–C) groups is 1. The zero-order valence-electron chi connectivity index (χ0n) is 17.9. The van der Waals surface area contributed by atoms with Crippen LogP contribution < -0.4 is 10.6 Å². The molecule has 1 aliphatic carbocycles. The molecule has 2 aliphatic rings. The summed E-state index contributed by atoms with van der Waals surface area (Å²) in [5.74, 6) is 0.654. The van der Waals surface area contributed by atoms with Gasteiger partial charge in [0.1, 0.15) is 0 Å². The number of rotatable bonds is 7. The number of carbonyl (C=O) groups is 1. The molecule has 1 aromatic rings. The van der Waals surface area contributed by atoms with E-state index in [1.807, 2.05) is 35.2 Å². The molecule has 0 bridgehead atoms. The van der Waals surface area contributed by atoms with E-state index < -0.39 is 0 Å². The lowest BCUT2D eigenvalue weighted by atomic mass is 9.97. The lowest BCUT2D eigenvalue weighted by molar-refractivity contribution is -0.136. The summed E-state index contributed by atoms with van der Waals surface area (Å²) in [5, 5.41) is 6.76. The van der Waals surface area contributed by atoms with Crippen LogP contribution in [0.2, 0.25) is 0 Å². The SMILES string of the molecule is CN=C(NCCC1=CCCCC1)NCC(C(=O)N1CCOCC1)c1ccccc1.I. The number of guanidine groups is 1. The molecule has 3 rings (SSSR count). The summed E-state index contributed by atoms with van der Waals surface area (Å²) in [6.07, 6.45) is 8.49. The Bertz CT molecular complexity index is 702. The fraction of sp³-hybridized carbons (Fsp3) is 0.565. The monoisotopic (exact) mass is 526 g/mol. The smallest absolute Gasteiger partial charge is 0.232 e. The number of allylic oxidation sites excluding steroid dienone is 1. The molecular formula is C23H35IN4O2. The van der Waals surface area contributed by atoms with Gasteiger partial charge in [0.05, 0.1) is 19.1 Å². The largest absolute Gasteiger partial charge is 0.378 e. The normalized spacial score (nSPS) is 18.1. The van der Waals surface area contributed by atoms with Crippen molar-refractivity contribution in [2.24, 2.45) is 4.99 Å². The molecule has 7 heteroatoms. The second-order valence-electron chi connectivity index (χ2n) is 7.64. The molecular weight excluding hydrogens is 491 g/mol. The van der Waals surface area contributed by atoms with Crippen molar-refractivity contribution >= 4 is 35.8 Å². The zero-order chi connectivity index (χ0) is 20.3. The van der Waals surface area contributed by atoms with Gasteiger partial charge in [0.25, 0.3) is 0 Å². The Hall–Kier alpha value is -1.61. The van der Waals surface area contributed by atoms with Crippen molar-refractivity contribution in [1.82, 2.24) is 15.5 Å². The van der Waals surface area contributed by atoms with E-state index in [0.29, 0.717) is 32.8 Å². The number of halogens is 1. The zero-order valence-corrected chi connectivity index (χ0v) is 20.3. The molecule has 1 aromatic carbocycles. The highest BCUT2D eigenvalue weighted by Gasteiger charge is 2.27. The summed E-state index contributed by atoms with van der Waals surface area (Å²) in [5.41, 5.74) is 2.57. The highest BCUT2D eigenvalue weighted by atomic mass is 127. The Labute approximate surface area is 197 Å². The van der Waals surface area contributed by atoms with Crippen LogP contribution in [-0.2, 0) is 9.53 Å². The van der Waals surface area contributed by atoms with Gasteiger partial charge in [0.2, 0.25) is 5.91 Å². The first-order valence-electron chi connectivity index (χ1n) is 10.8. The maximum atomic E-state index is 13.2. The molecule has 0 saturated carbocycles. The molecule has 1 fully saturated rings. The van der Waals surface area contributed by atoms with Crippen molar-refractivity contribution in [3.8, 4) is 0 Å². The second kappa shape index (κ2) is 13.6. The first-order valence-corrected chi connectivity index (χ1v) is 10.8. The van der Waals surface area contributed by atoms with E-state index in [-0.39, 0.29) is 35.8 Å². The van der Waals surface area contributed by atoms with Crippen LogP contribution in [0.4, 0.5) is 0 Å².